The Labute approximate surface area is 147 Å². The summed E-state index contributed by atoms with van der Waals surface area (Å²) in [6.07, 6.45) is 1.91. The van der Waals surface area contributed by atoms with E-state index in [4.69, 9.17) is 0 Å². The van der Waals surface area contributed by atoms with Crippen LogP contribution in [0.1, 0.15) is 5.56 Å². The number of sulfonamides is 1. The molecular weight excluding hydrogens is 332 g/mol. The molecule has 0 radical (unpaired) electrons. The molecule has 1 aliphatic heterocycles. The van der Waals surface area contributed by atoms with Crippen molar-refractivity contribution in [3.8, 4) is 22.3 Å². The molecule has 5 heteroatoms. The van der Waals surface area contributed by atoms with E-state index in [2.05, 4.69) is 42.0 Å². The lowest BCUT2D eigenvalue weighted by molar-refractivity contribution is -0.679. The fraction of sp³-hybridized carbons (Fsp3) is 0.150. The molecule has 0 amide bonds. The fourth-order valence-corrected chi connectivity index (χ4v) is 4.33. The van der Waals surface area contributed by atoms with E-state index in [1.54, 1.807) is 0 Å². The first-order chi connectivity index (χ1) is 12.0. The van der Waals surface area contributed by atoms with Gasteiger partial charge in [-0.1, -0.05) is 48.5 Å². The summed E-state index contributed by atoms with van der Waals surface area (Å²) in [5.41, 5.74) is 5.42. The molecule has 0 spiro atoms. The normalized spacial score (nSPS) is 15.2. The van der Waals surface area contributed by atoms with Crippen LogP contribution in [-0.4, -0.2) is 14.2 Å². The molecule has 1 aliphatic rings. The Hall–Kier alpha value is -2.66. The van der Waals surface area contributed by atoms with Crippen molar-refractivity contribution in [2.75, 3.05) is 10.5 Å². The zero-order valence-electron chi connectivity index (χ0n) is 13.9. The Morgan fingerprint density at radius 3 is 2.48 bits per heavy atom. The molecule has 3 aromatic rings. The Bertz CT molecular complexity index is 1040. The van der Waals surface area contributed by atoms with Crippen LogP contribution >= 0.6 is 0 Å². The summed E-state index contributed by atoms with van der Waals surface area (Å²) in [4.78, 5) is 0. The van der Waals surface area contributed by atoms with Crippen LogP contribution in [0.2, 0.25) is 0 Å². The lowest BCUT2D eigenvalue weighted by Crippen LogP contribution is -2.47. The van der Waals surface area contributed by atoms with Gasteiger partial charge in [0.15, 0.2) is 0 Å². The standard InChI is InChI=1S/C20H18N2O2S/c1-15-14-17(9-10-18(15)16-6-3-2-4-7-16)19-8-5-11-22-12-13-25(23,24)21-20(19)22/h2-11,14H,12-13H2,1H3/p+1. The molecule has 4 rings (SSSR count). The third kappa shape index (κ3) is 3.03. The van der Waals surface area contributed by atoms with Crippen LogP contribution in [0, 0.1) is 6.92 Å². The zero-order valence-corrected chi connectivity index (χ0v) is 14.8. The van der Waals surface area contributed by atoms with Gasteiger partial charge in [-0.05, 0) is 41.3 Å². The van der Waals surface area contributed by atoms with E-state index >= 15 is 0 Å². The molecule has 126 valence electrons. The number of pyridine rings is 1. The number of hydrogen-bond donors (Lipinski definition) is 1. The van der Waals surface area contributed by atoms with Crippen molar-refractivity contribution < 1.29 is 13.0 Å². The van der Waals surface area contributed by atoms with Crippen LogP contribution < -0.4 is 9.29 Å². The molecule has 2 heterocycles. The fourth-order valence-electron chi connectivity index (χ4n) is 3.27. The van der Waals surface area contributed by atoms with E-state index in [0.717, 1.165) is 16.7 Å². The molecule has 0 atom stereocenters. The van der Waals surface area contributed by atoms with E-state index in [-0.39, 0.29) is 5.75 Å². The Kier molecular flexibility index (Phi) is 3.81. The molecule has 1 aromatic heterocycles. The van der Waals surface area contributed by atoms with E-state index in [1.165, 1.54) is 11.1 Å². The number of hydrogen-bond acceptors (Lipinski definition) is 2. The molecule has 0 bridgehead atoms. The second-order valence-electron chi connectivity index (χ2n) is 6.28. The van der Waals surface area contributed by atoms with Gasteiger partial charge in [0.25, 0.3) is 5.82 Å². The van der Waals surface area contributed by atoms with Gasteiger partial charge >= 0.3 is 10.0 Å². The average molecular weight is 351 g/mol. The van der Waals surface area contributed by atoms with Crippen LogP contribution in [0.5, 0.6) is 0 Å². The SMILES string of the molecule is Cc1cc(-c2ccc[n+]3c2NS(=O)(=O)CC3)ccc1-c1ccccc1. The van der Waals surface area contributed by atoms with Crippen molar-refractivity contribution in [3.63, 3.8) is 0 Å². The van der Waals surface area contributed by atoms with Crippen LogP contribution in [0.25, 0.3) is 22.3 Å². The summed E-state index contributed by atoms with van der Waals surface area (Å²) in [6.45, 7) is 2.55. The minimum absolute atomic E-state index is 0.111. The number of benzene rings is 2. The molecule has 0 aliphatic carbocycles. The number of aromatic nitrogens is 1. The van der Waals surface area contributed by atoms with Crippen molar-refractivity contribution in [1.82, 2.24) is 0 Å². The van der Waals surface area contributed by atoms with Crippen molar-refractivity contribution in [2.45, 2.75) is 13.5 Å². The first-order valence-electron chi connectivity index (χ1n) is 8.23. The van der Waals surface area contributed by atoms with E-state index < -0.39 is 10.0 Å². The minimum Gasteiger partial charge on any atom is -0.232 e. The lowest BCUT2D eigenvalue weighted by atomic mass is 9.96. The quantitative estimate of drug-likeness (QED) is 0.720. The minimum atomic E-state index is -3.26. The van der Waals surface area contributed by atoms with Gasteiger partial charge in [0.1, 0.15) is 12.3 Å². The van der Waals surface area contributed by atoms with Gasteiger partial charge in [0.2, 0.25) is 0 Å². The van der Waals surface area contributed by atoms with Gasteiger partial charge in [0.05, 0.1) is 11.8 Å². The van der Waals surface area contributed by atoms with Crippen LogP contribution in [0.3, 0.4) is 0 Å². The summed E-state index contributed by atoms with van der Waals surface area (Å²) >= 11 is 0. The van der Waals surface area contributed by atoms with E-state index in [0.29, 0.717) is 12.4 Å². The van der Waals surface area contributed by atoms with Crippen molar-refractivity contribution in [3.05, 3.63) is 72.4 Å². The summed E-state index contributed by atoms with van der Waals surface area (Å²) in [6, 6.07) is 20.4. The van der Waals surface area contributed by atoms with Gasteiger partial charge in [-0.25, -0.2) is 4.57 Å². The monoisotopic (exact) mass is 351 g/mol. The molecule has 0 fully saturated rings. The number of aryl methyl sites for hydroxylation is 2. The second-order valence-corrected chi connectivity index (χ2v) is 8.12. The highest BCUT2D eigenvalue weighted by atomic mass is 32.2. The third-order valence-corrected chi connectivity index (χ3v) is 5.77. The maximum Gasteiger partial charge on any atom is 0.302 e. The highest BCUT2D eigenvalue weighted by molar-refractivity contribution is 7.92. The Morgan fingerprint density at radius 2 is 1.72 bits per heavy atom. The molecule has 4 nitrogen and oxygen atoms in total. The van der Waals surface area contributed by atoms with Gasteiger partial charge in [-0.3, -0.25) is 0 Å². The van der Waals surface area contributed by atoms with Gasteiger partial charge < -0.3 is 0 Å². The number of anilines is 1. The molecule has 25 heavy (non-hydrogen) atoms. The largest absolute Gasteiger partial charge is 0.302 e. The number of rotatable bonds is 2. The number of nitrogens with zero attached hydrogens (tertiary/aromatic N) is 1. The lowest BCUT2D eigenvalue weighted by Gasteiger charge is -2.16. The van der Waals surface area contributed by atoms with Crippen molar-refractivity contribution in [1.29, 1.82) is 0 Å². The third-order valence-electron chi connectivity index (χ3n) is 4.55. The molecule has 0 saturated heterocycles. The van der Waals surface area contributed by atoms with Crippen molar-refractivity contribution >= 4 is 15.8 Å². The summed E-state index contributed by atoms with van der Waals surface area (Å²) in [7, 11) is -3.26. The highest BCUT2D eigenvalue weighted by Gasteiger charge is 2.29. The maximum atomic E-state index is 12.0. The molecule has 1 N–H and O–H groups in total. The predicted octanol–water partition coefficient (Wildman–Crippen LogP) is 3.37. The Morgan fingerprint density at radius 1 is 0.920 bits per heavy atom. The predicted molar refractivity (Wildman–Crippen MR) is 99.7 cm³/mol. The van der Waals surface area contributed by atoms with Gasteiger partial charge in [-0.15, -0.1) is 0 Å². The molecular formula is C20H19N2O2S+. The van der Waals surface area contributed by atoms with Gasteiger partial charge in [0, 0.05) is 0 Å². The van der Waals surface area contributed by atoms with Crippen LogP contribution in [-0.2, 0) is 16.6 Å². The smallest absolute Gasteiger partial charge is 0.232 e. The van der Waals surface area contributed by atoms with Crippen LogP contribution in [0.4, 0.5) is 5.82 Å². The molecule has 2 aromatic carbocycles. The zero-order chi connectivity index (χ0) is 17.4. The first kappa shape index (κ1) is 15.8. The molecule has 0 unspecified atom stereocenters. The highest BCUT2D eigenvalue weighted by Crippen LogP contribution is 2.31. The van der Waals surface area contributed by atoms with Crippen LogP contribution in [0.15, 0.2) is 66.9 Å². The van der Waals surface area contributed by atoms with E-state index in [1.807, 2.05) is 41.1 Å². The van der Waals surface area contributed by atoms with E-state index in [9.17, 15) is 8.42 Å². The maximum absolute atomic E-state index is 12.0. The van der Waals surface area contributed by atoms with Crippen molar-refractivity contribution in [2.24, 2.45) is 0 Å². The van der Waals surface area contributed by atoms with Gasteiger partial charge in [-0.2, -0.15) is 13.1 Å². The Balaban J connectivity index is 1.81. The summed E-state index contributed by atoms with van der Waals surface area (Å²) in [5, 5.41) is 0. The summed E-state index contributed by atoms with van der Waals surface area (Å²) < 4.78 is 28.6. The summed E-state index contributed by atoms with van der Waals surface area (Å²) in [5.74, 6) is 0.751. The first-order valence-corrected chi connectivity index (χ1v) is 9.88. The molecule has 0 saturated carbocycles. The number of nitrogens with one attached hydrogen (secondary N) is 1. The average Bonchev–Trinajstić information content (AvgIpc) is 2.61. The second kappa shape index (κ2) is 6.01. The number of fused-ring (bicyclic) bond motifs is 1. The topological polar surface area (TPSA) is 50.1 Å².